The monoisotopic (exact) mass is 540 g/mol. The molecule has 1 aromatic carbocycles. The lowest BCUT2D eigenvalue weighted by molar-refractivity contribution is -0.144. The normalized spacial score (nSPS) is 18.0. The van der Waals surface area contributed by atoms with E-state index in [1.165, 1.54) is 12.2 Å². The van der Waals surface area contributed by atoms with Gasteiger partial charge in [0.05, 0.1) is 26.9 Å². The maximum absolute atomic E-state index is 13.0. The molecular formula is C31H40O8. The number of methoxy groups -OCH3 is 1. The fraction of sp³-hybridized carbons (Fsp3) is 0.484. The maximum Gasteiger partial charge on any atom is 0.313 e. The average molecular weight is 541 g/mol. The van der Waals surface area contributed by atoms with Crippen molar-refractivity contribution in [1.29, 1.82) is 0 Å². The number of ether oxygens (including phenoxy) is 3. The summed E-state index contributed by atoms with van der Waals surface area (Å²) in [5.41, 5.74) is 3.29. The second-order valence-electron chi connectivity index (χ2n) is 9.74. The van der Waals surface area contributed by atoms with E-state index in [2.05, 4.69) is 0 Å². The molecule has 1 aromatic rings. The van der Waals surface area contributed by atoms with Crippen molar-refractivity contribution in [1.82, 2.24) is 0 Å². The lowest BCUT2D eigenvalue weighted by Crippen LogP contribution is -2.30. The van der Waals surface area contributed by atoms with Gasteiger partial charge in [0, 0.05) is 18.9 Å². The lowest BCUT2D eigenvalue weighted by Gasteiger charge is -2.30. The van der Waals surface area contributed by atoms with Gasteiger partial charge in [-0.2, -0.15) is 0 Å². The van der Waals surface area contributed by atoms with Crippen LogP contribution in [-0.4, -0.2) is 55.4 Å². The number of rotatable bonds is 16. The van der Waals surface area contributed by atoms with Crippen LogP contribution in [0.25, 0.3) is 0 Å². The third kappa shape index (κ3) is 11.1. The molecule has 1 aliphatic rings. The van der Waals surface area contributed by atoms with E-state index >= 15 is 0 Å². The molecule has 212 valence electrons. The minimum Gasteiger partial charge on any atom is -0.497 e. The fourth-order valence-corrected chi connectivity index (χ4v) is 4.62. The predicted octanol–water partition coefficient (Wildman–Crippen LogP) is 4.49. The molecule has 0 amide bonds. The molecule has 0 radical (unpaired) electrons. The van der Waals surface area contributed by atoms with Crippen molar-refractivity contribution in [2.24, 2.45) is 11.8 Å². The Morgan fingerprint density at radius 1 is 1.08 bits per heavy atom. The van der Waals surface area contributed by atoms with E-state index < -0.39 is 17.7 Å². The lowest BCUT2D eigenvalue weighted by atomic mass is 9.73. The van der Waals surface area contributed by atoms with Gasteiger partial charge in [-0.1, -0.05) is 28.9 Å². The summed E-state index contributed by atoms with van der Waals surface area (Å²) in [4.78, 5) is 49.9. The molecule has 0 bridgehead atoms. The first-order valence-corrected chi connectivity index (χ1v) is 13.3. The Hall–Kier alpha value is -3.36. The summed E-state index contributed by atoms with van der Waals surface area (Å²) in [5.74, 6) is -1.51. The van der Waals surface area contributed by atoms with Crippen molar-refractivity contribution in [3.8, 4) is 5.75 Å². The van der Waals surface area contributed by atoms with Gasteiger partial charge in [0.1, 0.15) is 12.2 Å². The molecule has 8 heteroatoms. The Labute approximate surface area is 230 Å². The SMILES string of the molecule is CCOC(=O)CC(=O)/C=C(\C)[C@@H]1CC(C)=CC(=O)[C@H]1CC(=O)/C=C(/CCO)CCOCc1ccc(OC)cc1. The van der Waals surface area contributed by atoms with Crippen LogP contribution in [0.4, 0.5) is 0 Å². The number of hydrogen-bond acceptors (Lipinski definition) is 8. The number of carbonyl (C=O) groups is 4. The zero-order chi connectivity index (χ0) is 28.8. The van der Waals surface area contributed by atoms with Gasteiger partial charge in [0.25, 0.3) is 0 Å². The molecule has 1 aliphatic carbocycles. The fourth-order valence-electron chi connectivity index (χ4n) is 4.62. The number of carbonyl (C=O) groups excluding carboxylic acids is 4. The molecule has 0 fully saturated rings. The maximum atomic E-state index is 13.0. The summed E-state index contributed by atoms with van der Waals surface area (Å²) in [7, 11) is 1.61. The summed E-state index contributed by atoms with van der Waals surface area (Å²) in [6.07, 6.45) is 5.44. The number of aliphatic hydroxyl groups excluding tert-OH is 1. The van der Waals surface area contributed by atoms with Crippen LogP contribution < -0.4 is 4.74 Å². The van der Waals surface area contributed by atoms with Gasteiger partial charge >= 0.3 is 5.97 Å². The van der Waals surface area contributed by atoms with Crippen LogP contribution >= 0.6 is 0 Å². The van der Waals surface area contributed by atoms with Crippen molar-refractivity contribution in [2.75, 3.05) is 26.9 Å². The second-order valence-corrected chi connectivity index (χ2v) is 9.74. The highest BCUT2D eigenvalue weighted by molar-refractivity contribution is 6.03. The van der Waals surface area contributed by atoms with Gasteiger partial charge in [-0.15, -0.1) is 0 Å². The van der Waals surface area contributed by atoms with Crippen LogP contribution in [0.3, 0.4) is 0 Å². The number of benzene rings is 1. The predicted molar refractivity (Wildman–Crippen MR) is 147 cm³/mol. The smallest absolute Gasteiger partial charge is 0.313 e. The van der Waals surface area contributed by atoms with E-state index in [9.17, 15) is 24.3 Å². The summed E-state index contributed by atoms with van der Waals surface area (Å²) in [6, 6.07) is 7.55. The van der Waals surface area contributed by atoms with Crippen LogP contribution in [0.15, 0.2) is 59.2 Å². The molecule has 0 saturated carbocycles. The van der Waals surface area contributed by atoms with Crippen LogP contribution in [0.2, 0.25) is 0 Å². The molecule has 39 heavy (non-hydrogen) atoms. The third-order valence-electron chi connectivity index (χ3n) is 6.59. The number of hydrogen-bond donors (Lipinski definition) is 1. The minimum atomic E-state index is -0.606. The molecule has 0 heterocycles. The van der Waals surface area contributed by atoms with Crippen molar-refractivity contribution in [2.45, 2.75) is 59.5 Å². The second kappa shape index (κ2) is 16.6. The standard InChI is InChI=1S/C31H40O8/c1-5-39-31(36)19-25(33)16-22(3)28-14-21(2)15-30(35)29(28)18-26(34)17-23(10-12-32)11-13-38-20-24-6-8-27(37-4)9-7-24/h6-9,15-17,28-29,32H,5,10-14,18-20H2,1-4H3/b22-16+,23-17-/t28-,29-/m0/s1. The summed E-state index contributed by atoms with van der Waals surface area (Å²) < 4.78 is 15.7. The third-order valence-corrected chi connectivity index (χ3v) is 6.59. The van der Waals surface area contributed by atoms with Gasteiger partial charge in [0.2, 0.25) is 0 Å². The summed E-state index contributed by atoms with van der Waals surface area (Å²) in [5, 5.41) is 9.48. The first-order chi connectivity index (χ1) is 18.7. The van der Waals surface area contributed by atoms with E-state index in [0.717, 1.165) is 22.5 Å². The zero-order valence-electron chi connectivity index (χ0n) is 23.4. The van der Waals surface area contributed by atoms with Gasteiger partial charge in [-0.3, -0.25) is 19.2 Å². The molecule has 0 unspecified atom stereocenters. The van der Waals surface area contributed by atoms with E-state index in [1.54, 1.807) is 27.0 Å². The minimum absolute atomic E-state index is 0.00778. The highest BCUT2D eigenvalue weighted by Crippen LogP contribution is 2.35. The average Bonchev–Trinajstić information content (AvgIpc) is 2.88. The Bertz CT molecular complexity index is 1090. The van der Waals surface area contributed by atoms with Crippen molar-refractivity contribution >= 4 is 23.3 Å². The largest absolute Gasteiger partial charge is 0.497 e. The Morgan fingerprint density at radius 2 is 1.79 bits per heavy atom. The van der Waals surface area contributed by atoms with Crippen LogP contribution in [0.5, 0.6) is 5.75 Å². The first-order valence-electron chi connectivity index (χ1n) is 13.3. The van der Waals surface area contributed by atoms with E-state index in [4.69, 9.17) is 14.2 Å². The molecule has 1 N–H and O–H groups in total. The number of aliphatic hydroxyl groups is 1. The Morgan fingerprint density at radius 3 is 2.44 bits per heavy atom. The van der Waals surface area contributed by atoms with Crippen molar-refractivity contribution < 1.29 is 38.5 Å². The zero-order valence-corrected chi connectivity index (χ0v) is 23.4. The van der Waals surface area contributed by atoms with Gasteiger partial charge < -0.3 is 19.3 Å². The molecule has 0 aliphatic heterocycles. The Kier molecular flexibility index (Phi) is 13.5. The van der Waals surface area contributed by atoms with Gasteiger partial charge in [0.15, 0.2) is 17.3 Å². The van der Waals surface area contributed by atoms with Crippen LogP contribution in [0.1, 0.15) is 58.4 Å². The van der Waals surface area contributed by atoms with Crippen molar-refractivity contribution in [3.63, 3.8) is 0 Å². The molecule has 0 aromatic heterocycles. The molecule has 2 atom stereocenters. The van der Waals surface area contributed by atoms with E-state index in [0.29, 0.717) is 38.0 Å². The molecule has 8 nitrogen and oxygen atoms in total. The molecule has 0 spiro atoms. The quantitative estimate of drug-likeness (QED) is 0.141. The van der Waals surface area contributed by atoms with Crippen LogP contribution in [0, 0.1) is 11.8 Å². The Balaban J connectivity index is 2.03. The van der Waals surface area contributed by atoms with E-state index in [1.807, 2.05) is 31.2 Å². The number of allylic oxidation sites excluding steroid dienone is 5. The molecule has 2 rings (SSSR count). The summed E-state index contributed by atoms with van der Waals surface area (Å²) in [6.45, 7) is 6.16. The molecular weight excluding hydrogens is 500 g/mol. The van der Waals surface area contributed by atoms with Gasteiger partial charge in [-0.05, 0) is 81.9 Å². The van der Waals surface area contributed by atoms with Crippen molar-refractivity contribution in [3.05, 3.63) is 64.8 Å². The highest BCUT2D eigenvalue weighted by Gasteiger charge is 2.33. The van der Waals surface area contributed by atoms with Gasteiger partial charge in [-0.25, -0.2) is 0 Å². The summed E-state index contributed by atoms with van der Waals surface area (Å²) >= 11 is 0. The highest BCUT2D eigenvalue weighted by atomic mass is 16.5. The molecule has 0 saturated heterocycles. The number of ketones is 3. The van der Waals surface area contributed by atoms with E-state index in [-0.39, 0.29) is 43.5 Å². The number of esters is 1. The topological polar surface area (TPSA) is 116 Å². The van der Waals surface area contributed by atoms with Crippen LogP contribution in [-0.2, 0) is 35.3 Å². The first kappa shape index (κ1) is 31.9.